The van der Waals surface area contributed by atoms with Crippen LogP contribution in [0.1, 0.15) is 52.4 Å². The maximum atomic E-state index is 13.8. The van der Waals surface area contributed by atoms with Crippen LogP contribution in [0.5, 0.6) is 0 Å². The minimum absolute atomic E-state index is 0.0886. The quantitative estimate of drug-likeness (QED) is 0.0224. The molecule has 3 aliphatic heterocycles. The summed E-state index contributed by atoms with van der Waals surface area (Å²) in [5, 5.41) is 74.3. The second kappa shape index (κ2) is 20.4. The molecule has 10 N–H and O–H groups in total. The van der Waals surface area contributed by atoms with Gasteiger partial charge in [0.25, 0.3) is 0 Å². The first-order valence-corrected chi connectivity index (χ1v) is 18.5. The maximum absolute atomic E-state index is 13.8. The van der Waals surface area contributed by atoms with Gasteiger partial charge >= 0.3 is 11.9 Å². The first-order chi connectivity index (χ1) is 26.2. The van der Waals surface area contributed by atoms with Gasteiger partial charge in [0.05, 0.1) is 48.3 Å². The summed E-state index contributed by atoms with van der Waals surface area (Å²) in [5.74, 6) is -6.77. The molecule has 1 aliphatic carbocycles. The fourth-order valence-electron chi connectivity index (χ4n) is 6.82. The van der Waals surface area contributed by atoms with E-state index in [4.69, 9.17) is 34.5 Å². The number of β-amino-alcohol motifs (C(OH)–C–C–N with tert-alkyl or cyclic N) is 1. The van der Waals surface area contributed by atoms with Crippen molar-refractivity contribution in [1.29, 1.82) is 0 Å². The van der Waals surface area contributed by atoms with Gasteiger partial charge in [0, 0.05) is 38.4 Å². The number of esters is 1. The highest BCUT2D eigenvalue weighted by Crippen LogP contribution is 2.39. The second-order valence-corrected chi connectivity index (χ2v) is 14.0. The number of nitrogens with zero attached hydrogens (tertiary/aromatic N) is 2. The summed E-state index contributed by atoms with van der Waals surface area (Å²) in [4.78, 5) is 32.1. The average molecular weight is 781 g/mol. The standard InChI is InChI=1S/C37H56N4O14/c1-4-24-25(12-11-22-17-41(14-16-43)18-26(32(46)47)29(22)40-36(38)39-13-8-15-42)27(33(48)53-23-9-6-5-7-10-23)20-51-34(24)55-35-31(52-21(2)3)37(49,50)30(45)28(19-44)54-35/h4,11-12,18,20-21,23-25,28,30-31,34-35,42-45,49-50H,1,5-10,13-17,19H2,2-3H3,(H,46,47)(H3,38,39,40)/b12-11+/t24-,25+,28-,30-,31+,34+,35+/m1/s1. The Bertz CT molecular complexity index is 1490. The summed E-state index contributed by atoms with van der Waals surface area (Å²) in [6.07, 6.45) is 2.86. The number of hydrogen-bond donors (Lipinski definition) is 9. The average Bonchev–Trinajstić information content (AvgIpc) is 3.14. The number of rotatable bonds is 17. The maximum Gasteiger partial charge on any atom is 0.339 e. The number of carbonyl (C=O) groups is 2. The molecule has 7 atom stereocenters. The molecule has 2 fully saturated rings. The molecule has 4 aliphatic rings. The fourth-order valence-corrected chi connectivity index (χ4v) is 6.82. The Kier molecular flexibility index (Phi) is 16.2. The van der Waals surface area contributed by atoms with Gasteiger partial charge in [0.15, 0.2) is 18.4 Å². The topological polar surface area (TPSA) is 276 Å². The number of aliphatic carboxylic acids is 1. The second-order valence-electron chi connectivity index (χ2n) is 14.0. The Hall–Kier alpha value is -3.85. The predicted octanol–water partition coefficient (Wildman–Crippen LogP) is -0.536. The van der Waals surface area contributed by atoms with Gasteiger partial charge in [0.2, 0.25) is 12.1 Å². The molecule has 0 aromatic carbocycles. The van der Waals surface area contributed by atoms with Crippen molar-refractivity contribution in [2.75, 3.05) is 39.5 Å². The van der Waals surface area contributed by atoms with Crippen LogP contribution in [-0.4, -0.2) is 147 Å². The van der Waals surface area contributed by atoms with Crippen molar-refractivity contribution in [3.8, 4) is 0 Å². The van der Waals surface area contributed by atoms with E-state index >= 15 is 0 Å². The summed E-state index contributed by atoms with van der Waals surface area (Å²) in [6.45, 7) is 6.42. The number of allylic oxidation sites excluding steroid dienone is 1. The summed E-state index contributed by atoms with van der Waals surface area (Å²) in [7, 11) is 0. The Morgan fingerprint density at radius 3 is 2.51 bits per heavy atom. The first-order valence-electron chi connectivity index (χ1n) is 18.5. The number of guanidine groups is 1. The van der Waals surface area contributed by atoms with Crippen LogP contribution in [-0.2, 0) is 33.3 Å². The number of carboxylic acids is 1. The molecule has 0 radical (unpaired) electrons. The third-order valence-corrected chi connectivity index (χ3v) is 9.63. The zero-order chi connectivity index (χ0) is 40.3. The van der Waals surface area contributed by atoms with Gasteiger partial charge in [-0.05, 0) is 51.5 Å². The molecule has 0 spiro atoms. The van der Waals surface area contributed by atoms with E-state index < -0.39 is 73.2 Å². The third-order valence-electron chi connectivity index (χ3n) is 9.63. The van der Waals surface area contributed by atoms with Gasteiger partial charge < -0.3 is 75.4 Å². The lowest BCUT2D eigenvalue weighted by molar-refractivity contribution is -0.413. The van der Waals surface area contributed by atoms with Gasteiger partial charge in [-0.15, -0.1) is 6.58 Å². The summed E-state index contributed by atoms with van der Waals surface area (Å²) in [6, 6.07) is 0. The molecular weight excluding hydrogens is 724 g/mol. The number of hydrogen-bond acceptors (Lipinski definition) is 15. The first kappa shape index (κ1) is 43.9. The predicted molar refractivity (Wildman–Crippen MR) is 195 cm³/mol. The zero-order valence-electron chi connectivity index (χ0n) is 31.2. The third kappa shape index (κ3) is 11.1. The molecule has 1 saturated carbocycles. The van der Waals surface area contributed by atoms with E-state index in [1.54, 1.807) is 30.9 Å². The Balaban J connectivity index is 1.77. The van der Waals surface area contributed by atoms with Crippen molar-refractivity contribution >= 4 is 17.9 Å². The Morgan fingerprint density at radius 1 is 1.16 bits per heavy atom. The van der Waals surface area contributed by atoms with Crippen molar-refractivity contribution in [1.82, 2.24) is 10.2 Å². The van der Waals surface area contributed by atoms with E-state index in [2.05, 4.69) is 16.9 Å². The van der Waals surface area contributed by atoms with Crippen LogP contribution in [0.15, 0.2) is 64.7 Å². The van der Waals surface area contributed by atoms with Crippen LogP contribution in [0.3, 0.4) is 0 Å². The molecule has 0 aromatic rings. The van der Waals surface area contributed by atoms with Crippen LogP contribution in [0, 0.1) is 11.8 Å². The molecule has 0 bridgehead atoms. The van der Waals surface area contributed by atoms with E-state index in [1.807, 2.05) is 0 Å². The largest absolute Gasteiger partial charge is 0.478 e. The van der Waals surface area contributed by atoms with Crippen LogP contribution in [0.25, 0.3) is 0 Å². The van der Waals surface area contributed by atoms with Gasteiger partial charge in [-0.1, -0.05) is 24.6 Å². The molecule has 0 unspecified atom stereocenters. The minimum atomic E-state index is -2.92. The van der Waals surface area contributed by atoms with Gasteiger partial charge in [-0.25, -0.2) is 9.59 Å². The molecule has 3 heterocycles. The highest BCUT2D eigenvalue weighted by atomic mass is 16.8. The molecule has 18 heteroatoms. The molecular formula is C37H56N4O14. The molecule has 55 heavy (non-hydrogen) atoms. The lowest BCUT2D eigenvalue weighted by atomic mass is 9.83. The fraction of sp³-hybridized carbons (Fsp3) is 0.649. The number of aliphatic imine (C=N–C) groups is 1. The van der Waals surface area contributed by atoms with E-state index in [9.17, 15) is 40.2 Å². The number of aliphatic hydroxyl groups is 6. The van der Waals surface area contributed by atoms with Crippen molar-refractivity contribution in [3.63, 3.8) is 0 Å². The number of nitrogens with one attached hydrogen (secondary N) is 1. The smallest absolute Gasteiger partial charge is 0.339 e. The van der Waals surface area contributed by atoms with E-state index in [1.165, 1.54) is 18.5 Å². The van der Waals surface area contributed by atoms with Crippen molar-refractivity contribution in [3.05, 3.63) is 59.7 Å². The van der Waals surface area contributed by atoms with Crippen molar-refractivity contribution in [2.24, 2.45) is 22.6 Å². The Labute approximate surface area is 319 Å². The minimum Gasteiger partial charge on any atom is -0.478 e. The zero-order valence-corrected chi connectivity index (χ0v) is 31.2. The molecule has 4 rings (SSSR count). The van der Waals surface area contributed by atoms with Crippen LogP contribution >= 0.6 is 0 Å². The molecule has 0 amide bonds. The van der Waals surface area contributed by atoms with E-state index in [0.29, 0.717) is 24.8 Å². The lowest BCUT2D eigenvalue weighted by Crippen LogP contribution is -2.69. The SMILES string of the molecule is C=C[C@H]1[C@H](O[C@@H]2O[C@H](CO)[C@@H](O)C(O)(O)[C@H]2OC(C)C)OC=C(C(=O)OC2CCCCC2)[C@H]1/C=C/C1=C(NC(N)=NCCCO)C(C(=O)O)=CN(CCO)C1. The monoisotopic (exact) mass is 780 g/mol. The summed E-state index contributed by atoms with van der Waals surface area (Å²) < 4.78 is 29.5. The highest BCUT2D eigenvalue weighted by molar-refractivity contribution is 5.95. The molecule has 18 nitrogen and oxygen atoms in total. The number of carbonyl (C=O) groups excluding carboxylic acids is 1. The Morgan fingerprint density at radius 2 is 1.89 bits per heavy atom. The normalized spacial score (nSPS) is 29.1. The van der Waals surface area contributed by atoms with Crippen molar-refractivity contribution in [2.45, 2.75) is 101 Å². The van der Waals surface area contributed by atoms with Crippen LogP contribution in [0.2, 0.25) is 0 Å². The van der Waals surface area contributed by atoms with Crippen molar-refractivity contribution < 1.29 is 69.0 Å². The van der Waals surface area contributed by atoms with Gasteiger partial charge in [-0.3, -0.25) is 4.99 Å². The van der Waals surface area contributed by atoms with Gasteiger partial charge in [-0.2, -0.15) is 0 Å². The molecule has 0 aromatic heterocycles. The van der Waals surface area contributed by atoms with E-state index in [0.717, 1.165) is 19.3 Å². The van der Waals surface area contributed by atoms with Crippen LogP contribution < -0.4 is 11.1 Å². The van der Waals surface area contributed by atoms with Crippen LogP contribution in [0.4, 0.5) is 0 Å². The molecule has 308 valence electrons. The van der Waals surface area contributed by atoms with Gasteiger partial charge in [0.1, 0.15) is 18.3 Å². The number of carboxylic acid groups (broad SMARTS) is 1. The summed E-state index contributed by atoms with van der Waals surface area (Å²) >= 11 is 0. The highest BCUT2D eigenvalue weighted by Gasteiger charge is 2.57. The van der Waals surface area contributed by atoms with E-state index in [-0.39, 0.29) is 61.8 Å². The number of nitrogens with two attached hydrogens (primary N) is 1. The lowest BCUT2D eigenvalue weighted by Gasteiger charge is -2.48. The molecule has 1 saturated heterocycles. The number of aliphatic hydroxyl groups excluding tert-OH is 4. The summed E-state index contributed by atoms with van der Waals surface area (Å²) in [5.41, 5.74) is 6.52. The number of ether oxygens (including phenoxy) is 5.